The highest BCUT2D eigenvalue weighted by Crippen LogP contribution is 2.36. The summed E-state index contributed by atoms with van der Waals surface area (Å²) in [5, 5.41) is 1.89. The molecule has 0 fully saturated rings. The Labute approximate surface area is 107 Å². The number of ether oxygens (including phenoxy) is 1. The molecule has 7 heteroatoms. The fraction of sp³-hybridized carbons (Fsp3) is 0.364. The quantitative estimate of drug-likeness (QED) is 0.923. The van der Waals surface area contributed by atoms with E-state index in [1.165, 1.54) is 20.1 Å². The lowest BCUT2D eigenvalue weighted by molar-refractivity contribution is -0.137. The van der Waals surface area contributed by atoms with Gasteiger partial charge in [0.15, 0.2) is 0 Å². The van der Waals surface area contributed by atoms with Gasteiger partial charge in [-0.3, -0.25) is 4.79 Å². The minimum absolute atomic E-state index is 0.0145. The zero-order valence-corrected chi connectivity index (χ0v) is 10.4. The van der Waals surface area contributed by atoms with E-state index in [0.29, 0.717) is 0 Å². The van der Waals surface area contributed by atoms with Gasteiger partial charge in [-0.15, -0.1) is 0 Å². The van der Waals surface area contributed by atoms with Crippen molar-refractivity contribution < 1.29 is 22.7 Å². The van der Waals surface area contributed by atoms with Gasteiger partial charge in [0.05, 0.1) is 10.6 Å². The Hall–Kier alpha value is -1.27. The molecule has 0 saturated heterocycles. The highest BCUT2D eigenvalue weighted by molar-refractivity contribution is 6.31. The smallest absolute Gasteiger partial charge is 0.372 e. The van der Waals surface area contributed by atoms with Gasteiger partial charge < -0.3 is 10.1 Å². The summed E-state index contributed by atoms with van der Waals surface area (Å²) in [6, 6.07) is 3.15. The number of anilines is 1. The number of amides is 1. The molecular weight excluding hydrogens is 271 g/mol. The van der Waals surface area contributed by atoms with Crippen LogP contribution in [0.15, 0.2) is 18.2 Å². The van der Waals surface area contributed by atoms with Gasteiger partial charge in [-0.25, -0.2) is 0 Å². The Morgan fingerprint density at radius 2 is 2.06 bits per heavy atom. The van der Waals surface area contributed by atoms with E-state index in [1.54, 1.807) is 0 Å². The average Bonchev–Trinajstić information content (AvgIpc) is 2.29. The van der Waals surface area contributed by atoms with Crippen LogP contribution in [0, 0.1) is 0 Å². The molecule has 0 bridgehead atoms. The summed E-state index contributed by atoms with van der Waals surface area (Å²) in [4.78, 5) is 11.4. The second kappa shape index (κ2) is 5.58. The molecule has 3 nitrogen and oxygen atoms in total. The largest absolute Gasteiger partial charge is 0.417 e. The van der Waals surface area contributed by atoms with Crippen LogP contribution in [0.2, 0.25) is 5.02 Å². The van der Waals surface area contributed by atoms with Crippen LogP contribution in [0.1, 0.15) is 12.5 Å². The maximum Gasteiger partial charge on any atom is 0.417 e. The molecule has 100 valence electrons. The molecule has 0 saturated carbocycles. The Kier molecular flexibility index (Phi) is 4.59. The number of rotatable bonds is 3. The molecule has 1 atom stereocenters. The highest BCUT2D eigenvalue weighted by atomic mass is 35.5. The first-order valence-electron chi connectivity index (χ1n) is 4.96. The second-order valence-electron chi connectivity index (χ2n) is 3.56. The van der Waals surface area contributed by atoms with E-state index in [0.717, 1.165) is 12.1 Å². The van der Waals surface area contributed by atoms with Gasteiger partial charge in [0.2, 0.25) is 0 Å². The molecule has 0 aromatic heterocycles. The van der Waals surface area contributed by atoms with Crippen LogP contribution in [-0.2, 0) is 15.7 Å². The molecule has 0 heterocycles. The predicted molar refractivity (Wildman–Crippen MR) is 61.6 cm³/mol. The molecule has 1 amide bonds. The molecule has 0 radical (unpaired) electrons. The Morgan fingerprint density at radius 3 is 2.56 bits per heavy atom. The molecule has 0 aliphatic rings. The van der Waals surface area contributed by atoms with Gasteiger partial charge in [0.1, 0.15) is 6.10 Å². The van der Waals surface area contributed by atoms with Crippen LogP contribution in [0.4, 0.5) is 18.9 Å². The maximum absolute atomic E-state index is 12.6. The zero-order chi connectivity index (χ0) is 13.9. The number of halogens is 4. The normalized spacial score (nSPS) is 13.2. The molecule has 1 aromatic carbocycles. The van der Waals surface area contributed by atoms with E-state index >= 15 is 0 Å². The lowest BCUT2D eigenvalue weighted by atomic mass is 10.2. The minimum atomic E-state index is -4.56. The third-order valence-corrected chi connectivity index (χ3v) is 2.59. The second-order valence-corrected chi connectivity index (χ2v) is 3.97. The first-order chi connectivity index (χ1) is 8.25. The topological polar surface area (TPSA) is 38.3 Å². The van der Waals surface area contributed by atoms with Gasteiger partial charge >= 0.3 is 6.18 Å². The van der Waals surface area contributed by atoms with Crippen molar-refractivity contribution in [1.82, 2.24) is 0 Å². The monoisotopic (exact) mass is 281 g/mol. The number of alkyl halides is 3. The Morgan fingerprint density at radius 1 is 1.44 bits per heavy atom. The Bertz CT molecular complexity index is 448. The van der Waals surface area contributed by atoms with Crippen LogP contribution < -0.4 is 5.32 Å². The van der Waals surface area contributed by atoms with E-state index in [4.69, 9.17) is 16.3 Å². The number of hydrogen-bond donors (Lipinski definition) is 1. The van der Waals surface area contributed by atoms with Crippen molar-refractivity contribution in [1.29, 1.82) is 0 Å². The van der Waals surface area contributed by atoms with Crippen LogP contribution >= 0.6 is 11.6 Å². The molecule has 0 aliphatic carbocycles. The van der Waals surface area contributed by atoms with Crippen LogP contribution in [0.25, 0.3) is 0 Å². The third kappa shape index (κ3) is 3.61. The molecule has 1 rings (SSSR count). The van der Waals surface area contributed by atoms with Crippen molar-refractivity contribution in [2.24, 2.45) is 0 Å². The van der Waals surface area contributed by atoms with Gasteiger partial charge in [-0.1, -0.05) is 11.6 Å². The molecule has 0 aliphatic heterocycles. The minimum Gasteiger partial charge on any atom is -0.372 e. The number of carbonyl (C=O) groups is 1. The van der Waals surface area contributed by atoms with Crippen molar-refractivity contribution in [3.05, 3.63) is 28.8 Å². The van der Waals surface area contributed by atoms with Gasteiger partial charge in [-0.2, -0.15) is 13.2 Å². The van der Waals surface area contributed by atoms with Crippen LogP contribution in [0.3, 0.4) is 0 Å². The fourth-order valence-corrected chi connectivity index (χ4v) is 1.40. The molecule has 0 spiro atoms. The number of hydrogen-bond acceptors (Lipinski definition) is 2. The van der Waals surface area contributed by atoms with Crippen molar-refractivity contribution in [2.75, 3.05) is 12.4 Å². The SMILES string of the molecule is COC(C)C(=O)Nc1ccc(Cl)c(C(F)(F)F)c1. The summed E-state index contributed by atoms with van der Waals surface area (Å²) in [5.41, 5.74) is -0.979. The number of carbonyl (C=O) groups excluding carboxylic acids is 1. The number of methoxy groups -OCH3 is 1. The lowest BCUT2D eigenvalue weighted by Gasteiger charge is -2.13. The van der Waals surface area contributed by atoms with Crippen LogP contribution in [0.5, 0.6) is 0 Å². The van der Waals surface area contributed by atoms with E-state index in [2.05, 4.69) is 5.32 Å². The van der Waals surface area contributed by atoms with Crippen molar-refractivity contribution in [3.8, 4) is 0 Å². The average molecular weight is 282 g/mol. The Balaban J connectivity index is 2.96. The molecule has 1 N–H and O–H groups in total. The summed E-state index contributed by atoms with van der Waals surface area (Å²) in [6.07, 6.45) is -5.32. The highest BCUT2D eigenvalue weighted by Gasteiger charge is 2.33. The van der Waals surface area contributed by atoms with E-state index in [9.17, 15) is 18.0 Å². The first kappa shape index (κ1) is 14.8. The molecule has 1 aromatic rings. The van der Waals surface area contributed by atoms with Crippen molar-refractivity contribution in [2.45, 2.75) is 19.2 Å². The van der Waals surface area contributed by atoms with Crippen molar-refractivity contribution >= 4 is 23.2 Å². The predicted octanol–water partition coefficient (Wildman–Crippen LogP) is 3.33. The van der Waals surface area contributed by atoms with Gasteiger partial charge in [0.25, 0.3) is 5.91 Å². The van der Waals surface area contributed by atoms with Gasteiger partial charge in [-0.05, 0) is 25.1 Å². The fourth-order valence-electron chi connectivity index (χ4n) is 1.17. The third-order valence-electron chi connectivity index (χ3n) is 2.26. The first-order valence-corrected chi connectivity index (χ1v) is 5.34. The lowest BCUT2D eigenvalue weighted by Crippen LogP contribution is -2.26. The summed E-state index contributed by atoms with van der Waals surface area (Å²) in [7, 11) is 1.33. The molecule has 18 heavy (non-hydrogen) atoms. The number of benzene rings is 1. The summed E-state index contributed by atoms with van der Waals surface area (Å²) in [5.74, 6) is -0.534. The number of nitrogens with one attached hydrogen (secondary N) is 1. The van der Waals surface area contributed by atoms with E-state index < -0.39 is 28.8 Å². The van der Waals surface area contributed by atoms with Crippen LogP contribution in [-0.4, -0.2) is 19.1 Å². The zero-order valence-electron chi connectivity index (χ0n) is 9.64. The molecular formula is C11H11ClF3NO2. The summed E-state index contributed by atoms with van der Waals surface area (Å²) < 4.78 is 42.5. The van der Waals surface area contributed by atoms with E-state index in [1.807, 2.05) is 0 Å². The van der Waals surface area contributed by atoms with E-state index in [-0.39, 0.29) is 5.69 Å². The summed E-state index contributed by atoms with van der Waals surface area (Å²) >= 11 is 5.45. The maximum atomic E-state index is 12.6. The van der Waals surface area contributed by atoms with Crippen molar-refractivity contribution in [3.63, 3.8) is 0 Å². The molecule has 1 unspecified atom stereocenters. The summed E-state index contributed by atoms with van der Waals surface area (Å²) in [6.45, 7) is 1.48. The standard InChI is InChI=1S/C11H11ClF3NO2/c1-6(18-2)10(17)16-7-3-4-9(12)8(5-7)11(13,14)15/h3-6H,1-2H3,(H,16,17). The van der Waals surface area contributed by atoms with Gasteiger partial charge in [0, 0.05) is 12.8 Å².